The molecule has 8 nitrogen and oxygen atoms in total. The smallest absolute Gasteiger partial charge is 0.331 e. The summed E-state index contributed by atoms with van der Waals surface area (Å²) in [5.74, 6) is -0.0704. The predicted molar refractivity (Wildman–Crippen MR) is 117 cm³/mol. The third-order valence-corrected chi connectivity index (χ3v) is 7.14. The number of nitrogens with one attached hydrogen (secondary N) is 2. The molecule has 0 aromatic heterocycles. The summed E-state index contributed by atoms with van der Waals surface area (Å²) in [7, 11) is -3.52. The summed E-state index contributed by atoms with van der Waals surface area (Å²) < 4.78 is 31.9. The maximum atomic E-state index is 12.5. The van der Waals surface area contributed by atoms with Crippen LogP contribution in [0.4, 0.5) is 0 Å². The number of rotatable bonds is 9. The zero-order valence-electron chi connectivity index (χ0n) is 18.0. The number of nitrogens with zero attached hydrogens (tertiary/aromatic N) is 1. The minimum Gasteiger partial charge on any atom is -0.464 e. The molecule has 1 amide bonds. The molecule has 1 saturated carbocycles. The van der Waals surface area contributed by atoms with Gasteiger partial charge in [0.25, 0.3) is 10.0 Å². The van der Waals surface area contributed by atoms with Gasteiger partial charge in [0.1, 0.15) is 11.4 Å². The van der Waals surface area contributed by atoms with Crippen molar-refractivity contribution in [1.82, 2.24) is 10.0 Å². The lowest BCUT2D eigenvalue weighted by Gasteiger charge is -2.35. The normalized spacial score (nSPS) is 20.0. The molecule has 2 aliphatic rings. The molecule has 1 aliphatic heterocycles. The van der Waals surface area contributed by atoms with Crippen LogP contribution in [0.3, 0.4) is 0 Å². The molecular formula is C22H31N3O5S. The number of carbonyl (C=O) groups excluding carboxylic acids is 2. The van der Waals surface area contributed by atoms with E-state index in [0.29, 0.717) is 50.2 Å². The van der Waals surface area contributed by atoms with Crippen LogP contribution in [0.25, 0.3) is 0 Å². The van der Waals surface area contributed by atoms with Crippen molar-refractivity contribution in [3.05, 3.63) is 29.8 Å². The summed E-state index contributed by atoms with van der Waals surface area (Å²) in [4.78, 5) is 29.5. The Balaban J connectivity index is 1.43. The fourth-order valence-electron chi connectivity index (χ4n) is 4.15. The van der Waals surface area contributed by atoms with Gasteiger partial charge in [0.2, 0.25) is 5.91 Å². The lowest BCUT2D eigenvalue weighted by atomic mass is 9.81. The van der Waals surface area contributed by atoms with E-state index >= 15 is 0 Å². The molecule has 0 saturated heterocycles. The summed E-state index contributed by atoms with van der Waals surface area (Å²) in [5.41, 5.74) is -0.275. The molecule has 9 heteroatoms. The second-order valence-corrected chi connectivity index (χ2v) is 9.70. The molecule has 0 bridgehead atoms. The SMILES string of the molecule is CCOC(=O)C1(NC(=O)CCCCCN=C2NS(=O)(=O)c3ccccc32)CCCCC1. The topological polar surface area (TPSA) is 114 Å². The first-order chi connectivity index (χ1) is 14.9. The number of ether oxygens (including phenoxy) is 1. The number of amides is 1. The number of amidine groups is 1. The summed E-state index contributed by atoms with van der Waals surface area (Å²) in [5, 5.41) is 2.95. The Labute approximate surface area is 183 Å². The number of esters is 1. The average molecular weight is 450 g/mol. The van der Waals surface area contributed by atoms with E-state index in [0.717, 1.165) is 32.1 Å². The summed E-state index contributed by atoms with van der Waals surface area (Å²) in [6.07, 6.45) is 6.69. The molecule has 1 fully saturated rings. The van der Waals surface area contributed by atoms with Gasteiger partial charge in [0.15, 0.2) is 0 Å². The van der Waals surface area contributed by atoms with E-state index in [4.69, 9.17) is 4.74 Å². The standard InChI is InChI=1S/C22H31N3O5S/c1-2-30-21(27)22(14-8-4-9-15-22)24-19(26)13-5-3-10-16-23-20-17-11-6-7-12-18(17)31(28,29)25-20/h6-7,11-12H,2-5,8-10,13-16H2,1H3,(H,23,25)(H,24,26). The number of benzene rings is 1. The average Bonchev–Trinajstić information content (AvgIpc) is 3.02. The summed E-state index contributed by atoms with van der Waals surface area (Å²) in [6.45, 7) is 2.55. The Morgan fingerprint density at radius 3 is 2.61 bits per heavy atom. The van der Waals surface area contributed by atoms with E-state index in [2.05, 4.69) is 15.0 Å². The number of carbonyl (C=O) groups is 2. The van der Waals surface area contributed by atoms with Gasteiger partial charge in [-0.1, -0.05) is 37.8 Å². The van der Waals surface area contributed by atoms with Crippen molar-refractivity contribution in [3.8, 4) is 0 Å². The molecule has 3 rings (SSSR count). The van der Waals surface area contributed by atoms with E-state index in [9.17, 15) is 18.0 Å². The molecule has 1 aromatic rings. The van der Waals surface area contributed by atoms with Crippen molar-refractivity contribution in [2.75, 3.05) is 13.2 Å². The fourth-order valence-corrected chi connectivity index (χ4v) is 5.40. The first-order valence-corrected chi connectivity index (χ1v) is 12.5. The van der Waals surface area contributed by atoms with Gasteiger partial charge in [-0.2, -0.15) is 0 Å². The third kappa shape index (κ3) is 5.64. The highest BCUT2D eigenvalue weighted by molar-refractivity contribution is 7.90. The molecular weight excluding hydrogens is 418 g/mol. The monoisotopic (exact) mass is 449 g/mol. The van der Waals surface area contributed by atoms with Crippen molar-refractivity contribution >= 4 is 27.7 Å². The Hall–Kier alpha value is -2.42. The maximum absolute atomic E-state index is 12.5. The van der Waals surface area contributed by atoms with E-state index < -0.39 is 15.6 Å². The molecule has 0 atom stereocenters. The predicted octanol–water partition coefficient (Wildman–Crippen LogP) is 2.67. The zero-order chi connectivity index (χ0) is 22.3. The van der Waals surface area contributed by atoms with Crippen LogP contribution >= 0.6 is 0 Å². The van der Waals surface area contributed by atoms with Crippen LogP contribution in [-0.2, 0) is 24.3 Å². The van der Waals surface area contributed by atoms with Crippen LogP contribution in [-0.4, -0.2) is 44.8 Å². The van der Waals surface area contributed by atoms with Gasteiger partial charge in [0, 0.05) is 18.5 Å². The molecule has 170 valence electrons. The second-order valence-electron chi connectivity index (χ2n) is 8.05. The Kier molecular flexibility index (Phi) is 7.69. The number of hydrogen-bond acceptors (Lipinski definition) is 6. The highest BCUT2D eigenvalue weighted by Crippen LogP contribution is 2.30. The first kappa shape index (κ1) is 23.2. The van der Waals surface area contributed by atoms with Crippen LogP contribution in [0, 0.1) is 0 Å². The molecule has 0 radical (unpaired) electrons. The lowest BCUT2D eigenvalue weighted by Crippen LogP contribution is -2.56. The van der Waals surface area contributed by atoms with Crippen molar-refractivity contribution in [2.45, 2.75) is 75.1 Å². The highest BCUT2D eigenvalue weighted by Gasteiger charge is 2.42. The third-order valence-electron chi connectivity index (χ3n) is 5.75. The lowest BCUT2D eigenvalue weighted by molar-refractivity contribution is -0.155. The molecule has 1 aromatic carbocycles. The Bertz CT molecular complexity index is 936. The van der Waals surface area contributed by atoms with E-state index in [1.54, 1.807) is 31.2 Å². The second kappa shape index (κ2) is 10.3. The van der Waals surface area contributed by atoms with Crippen LogP contribution in [0.2, 0.25) is 0 Å². The molecule has 1 heterocycles. The van der Waals surface area contributed by atoms with Gasteiger partial charge in [-0.15, -0.1) is 0 Å². The van der Waals surface area contributed by atoms with E-state index in [1.165, 1.54) is 0 Å². The van der Waals surface area contributed by atoms with E-state index in [-0.39, 0.29) is 16.8 Å². The van der Waals surface area contributed by atoms with Gasteiger partial charge in [-0.3, -0.25) is 14.5 Å². The number of fused-ring (bicyclic) bond motifs is 1. The Morgan fingerprint density at radius 2 is 1.87 bits per heavy atom. The number of aliphatic imine (C=N–C) groups is 1. The van der Waals surface area contributed by atoms with Gasteiger partial charge in [-0.05, 0) is 44.7 Å². The molecule has 2 N–H and O–H groups in total. The summed E-state index contributed by atoms with van der Waals surface area (Å²) in [6, 6.07) is 6.77. The quantitative estimate of drug-likeness (QED) is 0.444. The van der Waals surface area contributed by atoms with Crippen LogP contribution < -0.4 is 10.0 Å². The van der Waals surface area contributed by atoms with Crippen molar-refractivity contribution in [1.29, 1.82) is 0 Å². The molecule has 0 spiro atoms. The highest BCUT2D eigenvalue weighted by atomic mass is 32.2. The minimum atomic E-state index is -3.52. The van der Waals surface area contributed by atoms with E-state index in [1.807, 2.05) is 0 Å². The van der Waals surface area contributed by atoms with Crippen LogP contribution in [0.15, 0.2) is 34.2 Å². The maximum Gasteiger partial charge on any atom is 0.331 e. The number of hydrogen-bond donors (Lipinski definition) is 2. The molecule has 0 unspecified atom stereocenters. The van der Waals surface area contributed by atoms with Gasteiger partial charge >= 0.3 is 5.97 Å². The summed E-state index contributed by atoms with van der Waals surface area (Å²) >= 11 is 0. The van der Waals surface area contributed by atoms with Gasteiger partial charge in [-0.25, -0.2) is 13.2 Å². The van der Waals surface area contributed by atoms with Crippen LogP contribution in [0.1, 0.15) is 70.3 Å². The van der Waals surface area contributed by atoms with Gasteiger partial charge in [0.05, 0.1) is 11.5 Å². The first-order valence-electron chi connectivity index (χ1n) is 11.0. The zero-order valence-corrected chi connectivity index (χ0v) is 18.8. The van der Waals surface area contributed by atoms with Gasteiger partial charge < -0.3 is 10.1 Å². The van der Waals surface area contributed by atoms with Crippen LogP contribution in [0.5, 0.6) is 0 Å². The number of unbranched alkanes of at least 4 members (excludes halogenated alkanes) is 2. The molecule has 1 aliphatic carbocycles. The van der Waals surface area contributed by atoms with Crippen molar-refractivity contribution in [3.63, 3.8) is 0 Å². The van der Waals surface area contributed by atoms with Crippen molar-refractivity contribution < 1.29 is 22.7 Å². The molecule has 31 heavy (non-hydrogen) atoms. The van der Waals surface area contributed by atoms with Crippen molar-refractivity contribution in [2.24, 2.45) is 4.99 Å². The largest absolute Gasteiger partial charge is 0.464 e. The Morgan fingerprint density at radius 1 is 1.13 bits per heavy atom. The minimum absolute atomic E-state index is 0.126. The number of sulfonamides is 1. The fraction of sp³-hybridized carbons (Fsp3) is 0.591.